The molecule has 1 aliphatic carbocycles. The van der Waals surface area contributed by atoms with Gasteiger partial charge in [0.15, 0.2) is 0 Å². The van der Waals surface area contributed by atoms with E-state index in [-0.39, 0.29) is 11.6 Å². The zero-order chi connectivity index (χ0) is 19.7. The average Bonchev–Trinajstić information content (AvgIpc) is 2.82. The molecule has 0 bridgehead atoms. The van der Waals surface area contributed by atoms with Crippen LogP contribution in [0.2, 0.25) is 0 Å². The molecule has 0 radical (unpaired) electrons. The van der Waals surface area contributed by atoms with Crippen LogP contribution in [0.1, 0.15) is 45.5 Å². The van der Waals surface area contributed by atoms with Gasteiger partial charge in [0, 0.05) is 46.2 Å². The molecule has 26 heavy (non-hydrogen) atoms. The van der Waals surface area contributed by atoms with E-state index >= 15 is 0 Å². The molecule has 0 saturated heterocycles. The fourth-order valence-electron chi connectivity index (χ4n) is 2.97. The maximum atomic E-state index is 12.1. The molecule has 1 heterocycles. The van der Waals surface area contributed by atoms with Crippen LogP contribution in [0.5, 0.6) is 0 Å². The van der Waals surface area contributed by atoms with E-state index in [0.29, 0.717) is 6.54 Å². The molecule has 146 valence electrons. The van der Waals surface area contributed by atoms with Crippen molar-refractivity contribution in [2.24, 2.45) is 5.73 Å². The molecule has 0 fully saturated rings. The highest BCUT2D eigenvalue weighted by molar-refractivity contribution is 5.67. The Morgan fingerprint density at radius 2 is 2.04 bits per heavy atom. The summed E-state index contributed by atoms with van der Waals surface area (Å²) in [5.41, 5.74) is 7.55. The van der Waals surface area contributed by atoms with Crippen molar-refractivity contribution in [3.05, 3.63) is 17.5 Å². The fraction of sp³-hybridized carbons (Fsp3) is 0.684. The normalized spacial score (nSPS) is 19.2. The Labute approximate surface area is 156 Å². The van der Waals surface area contributed by atoms with E-state index in [1.165, 1.54) is 0 Å². The molecule has 0 aromatic carbocycles. The standard InChI is InChI=1S/C19H33N5O2/c1-18(2,3)26-17(25)23(7)11-8-12-24-15-9-10-19(4,20)13-14(15)21-16(24)22(5)6/h9-10H,8,11-13,20H2,1-7H3. The monoisotopic (exact) mass is 363 g/mol. The van der Waals surface area contributed by atoms with Crippen LogP contribution in [-0.2, 0) is 17.7 Å². The molecule has 1 aromatic rings. The maximum Gasteiger partial charge on any atom is 0.410 e. The average molecular weight is 364 g/mol. The van der Waals surface area contributed by atoms with Gasteiger partial charge in [-0.25, -0.2) is 9.78 Å². The highest BCUT2D eigenvalue weighted by Crippen LogP contribution is 2.28. The number of carbonyl (C=O) groups is 1. The summed E-state index contributed by atoms with van der Waals surface area (Å²) in [6.45, 7) is 9.02. The van der Waals surface area contributed by atoms with E-state index in [4.69, 9.17) is 15.5 Å². The van der Waals surface area contributed by atoms with Crippen molar-refractivity contribution >= 4 is 18.1 Å². The minimum Gasteiger partial charge on any atom is -0.444 e. The molecule has 1 amide bonds. The van der Waals surface area contributed by atoms with E-state index < -0.39 is 5.60 Å². The topological polar surface area (TPSA) is 76.6 Å². The number of aromatic nitrogens is 2. The van der Waals surface area contributed by atoms with Crippen molar-refractivity contribution in [2.75, 3.05) is 32.6 Å². The minimum atomic E-state index is -0.480. The number of anilines is 1. The Morgan fingerprint density at radius 3 is 2.62 bits per heavy atom. The number of nitrogens with two attached hydrogens (primary N) is 1. The zero-order valence-electron chi connectivity index (χ0n) is 17.2. The molecule has 1 aromatic heterocycles. The van der Waals surface area contributed by atoms with E-state index in [1.54, 1.807) is 11.9 Å². The summed E-state index contributed by atoms with van der Waals surface area (Å²) < 4.78 is 7.60. The largest absolute Gasteiger partial charge is 0.444 e. The fourth-order valence-corrected chi connectivity index (χ4v) is 2.97. The molecule has 0 saturated carbocycles. The highest BCUT2D eigenvalue weighted by Gasteiger charge is 2.27. The van der Waals surface area contributed by atoms with Crippen molar-refractivity contribution in [3.8, 4) is 0 Å². The van der Waals surface area contributed by atoms with Gasteiger partial charge in [-0.1, -0.05) is 6.08 Å². The third-order valence-corrected chi connectivity index (χ3v) is 4.21. The van der Waals surface area contributed by atoms with Crippen LogP contribution in [0, 0.1) is 0 Å². The lowest BCUT2D eigenvalue weighted by atomic mass is 9.91. The van der Waals surface area contributed by atoms with E-state index in [9.17, 15) is 4.79 Å². The summed E-state index contributed by atoms with van der Waals surface area (Å²) >= 11 is 0. The number of imidazole rings is 1. The lowest BCUT2D eigenvalue weighted by molar-refractivity contribution is 0.0295. The summed E-state index contributed by atoms with van der Waals surface area (Å²) in [7, 11) is 5.75. The summed E-state index contributed by atoms with van der Waals surface area (Å²) in [6.07, 6.45) is 5.35. The summed E-state index contributed by atoms with van der Waals surface area (Å²) in [4.78, 5) is 20.5. The molecule has 1 atom stereocenters. The van der Waals surface area contributed by atoms with Crippen LogP contribution in [0.3, 0.4) is 0 Å². The van der Waals surface area contributed by atoms with Gasteiger partial charge in [-0.05, 0) is 40.2 Å². The van der Waals surface area contributed by atoms with Crippen molar-refractivity contribution < 1.29 is 9.53 Å². The van der Waals surface area contributed by atoms with Gasteiger partial charge in [0.05, 0.1) is 11.4 Å². The number of nitrogens with zero attached hydrogens (tertiary/aromatic N) is 4. The molecule has 0 spiro atoms. The third kappa shape index (κ3) is 5.00. The first-order chi connectivity index (χ1) is 11.9. The second-order valence-electron chi connectivity index (χ2n) is 8.56. The Kier molecular flexibility index (Phi) is 5.70. The van der Waals surface area contributed by atoms with Gasteiger partial charge in [0.1, 0.15) is 5.60 Å². The number of ether oxygens (including phenoxy) is 1. The third-order valence-electron chi connectivity index (χ3n) is 4.21. The quantitative estimate of drug-likeness (QED) is 0.870. The minimum absolute atomic E-state index is 0.295. The van der Waals surface area contributed by atoms with Crippen LogP contribution in [-0.4, -0.2) is 59.4 Å². The maximum absolute atomic E-state index is 12.1. The molecule has 0 aliphatic heterocycles. The van der Waals surface area contributed by atoms with E-state index in [1.807, 2.05) is 52.8 Å². The Balaban J connectivity index is 2.06. The summed E-state index contributed by atoms with van der Waals surface area (Å²) in [5.74, 6) is 0.914. The first-order valence-electron chi connectivity index (χ1n) is 9.08. The van der Waals surface area contributed by atoms with Gasteiger partial charge < -0.3 is 24.8 Å². The first kappa shape index (κ1) is 20.3. The second-order valence-corrected chi connectivity index (χ2v) is 8.56. The van der Waals surface area contributed by atoms with Crippen LogP contribution in [0.4, 0.5) is 10.7 Å². The van der Waals surface area contributed by atoms with Gasteiger partial charge in [-0.3, -0.25) is 0 Å². The Bertz CT molecular complexity index is 683. The van der Waals surface area contributed by atoms with Crippen molar-refractivity contribution in [2.45, 2.75) is 58.2 Å². The van der Waals surface area contributed by atoms with Crippen LogP contribution < -0.4 is 10.6 Å². The predicted octanol–water partition coefficient (Wildman–Crippen LogP) is 2.49. The van der Waals surface area contributed by atoms with Gasteiger partial charge >= 0.3 is 6.09 Å². The number of hydrogen-bond acceptors (Lipinski definition) is 5. The van der Waals surface area contributed by atoms with Gasteiger partial charge in [-0.2, -0.15) is 0 Å². The molecule has 1 aliphatic rings. The van der Waals surface area contributed by atoms with Gasteiger partial charge in [-0.15, -0.1) is 0 Å². The smallest absolute Gasteiger partial charge is 0.410 e. The van der Waals surface area contributed by atoms with Crippen molar-refractivity contribution in [1.29, 1.82) is 0 Å². The lowest BCUT2D eigenvalue weighted by Crippen LogP contribution is -2.38. The molecule has 1 unspecified atom stereocenters. The SMILES string of the molecule is CN(CCCn1c(N(C)C)nc2c1C=CC(C)(N)C2)C(=O)OC(C)(C)C. The second kappa shape index (κ2) is 7.31. The number of hydrogen-bond donors (Lipinski definition) is 1. The molecule has 2 N–H and O–H groups in total. The number of carbonyl (C=O) groups excluding carboxylic acids is 1. The number of amides is 1. The first-order valence-corrected chi connectivity index (χ1v) is 9.08. The molecular formula is C19H33N5O2. The van der Waals surface area contributed by atoms with Crippen LogP contribution >= 0.6 is 0 Å². The van der Waals surface area contributed by atoms with E-state index in [2.05, 4.69) is 10.6 Å². The molecular weight excluding hydrogens is 330 g/mol. The molecule has 2 rings (SSSR count). The molecule has 7 heteroatoms. The summed E-state index contributed by atoms with van der Waals surface area (Å²) in [6, 6.07) is 0. The Hall–Kier alpha value is -2.02. The van der Waals surface area contributed by atoms with Crippen molar-refractivity contribution in [1.82, 2.24) is 14.5 Å². The Morgan fingerprint density at radius 1 is 1.38 bits per heavy atom. The predicted molar refractivity (Wildman–Crippen MR) is 105 cm³/mol. The van der Waals surface area contributed by atoms with E-state index in [0.717, 1.165) is 36.7 Å². The van der Waals surface area contributed by atoms with Crippen LogP contribution in [0.25, 0.3) is 6.08 Å². The van der Waals surface area contributed by atoms with Gasteiger partial charge in [0.25, 0.3) is 0 Å². The summed E-state index contributed by atoms with van der Waals surface area (Å²) in [5, 5.41) is 0. The van der Waals surface area contributed by atoms with Crippen molar-refractivity contribution in [3.63, 3.8) is 0 Å². The van der Waals surface area contributed by atoms with Crippen LogP contribution in [0.15, 0.2) is 6.08 Å². The number of fused-ring (bicyclic) bond motifs is 1. The highest BCUT2D eigenvalue weighted by atomic mass is 16.6. The lowest BCUT2D eigenvalue weighted by Gasteiger charge is -2.25. The zero-order valence-corrected chi connectivity index (χ0v) is 17.2. The van der Waals surface area contributed by atoms with Gasteiger partial charge in [0.2, 0.25) is 5.95 Å². The number of rotatable bonds is 5. The molecule has 7 nitrogen and oxygen atoms in total.